The SMILES string of the molecule is CC(C)(NC(=O)CCc1ccsc1)C(=O)O. The quantitative estimate of drug-likeness (QED) is 0.824. The number of carbonyl (C=O) groups is 2. The molecule has 4 nitrogen and oxygen atoms in total. The third-order valence-electron chi connectivity index (χ3n) is 2.21. The fraction of sp³-hybridized carbons (Fsp3) is 0.455. The van der Waals surface area contributed by atoms with Crippen LogP contribution in [0.5, 0.6) is 0 Å². The van der Waals surface area contributed by atoms with Crippen LogP contribution in [-0.2, 0) is 16.0 Å². The lowest BCUT2D eigenvalue weighted by Crippen LogP contribution is -2.49. The molecule has 0 aliphatic rings. The van der Waals surface area contributed by atoms with Gasteiger partial charge in [-0.1, -0.05) is 0 Å². The van der Waals surface area contributed by atoms with Crippen LogP contribution >= 0.6 is 11.3 Å². The van der Waals surface area contributed by atoms with E-state index in [0.29, 0.717) is 12.8 Å². The first kappa shape index (κ1) is 12.7. The maximum Gasteiger partial charge on any atom is 0.328 e. The van der Waals surface area contributed by atoms with Crippen LogP contribution in [0.3, 0.4) is 0 Å². The van der Waals surface area contributed by atoms with Crippen molar-refractivity contribution in [3.8, 4) is 0 Å². The van der Waals surface area contributed by atoms with E-state index in [1.165, 1.54) is 13.8 Å². The minimum Gasteiger partial charge on any atom is -0.480 e. The number of hydrogen-bond acceptors (Lipinski definition) is 3. The first-order valence-electron chi connectivity index (χ1n) is 4.97. The summed E-state index contributed by atoms with van der Waals surface area (Å²) in [6.45, 7) is 2.94. The first-order chi connectivity index (χ1) is 7.42. The summed E-state index contributed by atoms with van der Waals surface area (Å²) in [4.78, 5) is 22.3. The Hall–Kier alpha value is -1.36. The van der Waals surface area contributed by atoms with Crippen molar-refractivity contribution in [3.05, 3.63) is 22.4 Å². The molecule has 1 amide bonds. The molecule has 1 aromatic heterocycles. The molecule has 0 aliphatic heterocycles. The number of carboxylic acids is 1. The van der Waals surface area contributed by atoms with E-state index in [1.807, 2.05) is 16.8 Å². The Morgan fingerprint density at radius 3 is 2.69 bits per heavy atom. The van der Waals surface area contributed by atoms with Gasteiger partial charge in [0.2, 0.25) is 5.91 Å². The smallest absolute Gasteiger partial charge is 0.328 e. The number of carboxylic acid groups (broad SMARTS) is 1. The molecule has 0 aliphatic carbocycles. The van der Waals surface area contributed by atoms with Crippen LogP contribution in [0.2, 0.25) is 0 Å². The number of hydrogen-bond donors (Lipinski definition) is 2. The predicted octanol–water partition coefficient (Wildman–Crippen LogP) is 1.66. The van der Waals surface area contributed by atoms with Gasteiger partial charge in [0.05, 0.1) is 0 Å². The van der Waals surface area contributed by atoms with Crippen LogP contribution in [0.15, 0.2) is 16.8 Å². The van der Waals surface area contributed by atoms with Gasteiger partial charge in [-0.05, 0) is 42.7 Å². The predicted molar refractivity (Wildman–Crippen MR) is 62.5 cm³/mol. The van der Waals surface area contributed by atoms with Crippen LogP contribution in [0, 0.1) is 0 Å². The summed E-state index contributed by atoms with van der Waals surface area (Å²) in [5, 5.41) is 15.2. The summed E-state index contributed by atoms with van der Waals surface area (Å²) in [7, 11) is 0. The van der Waals surface area contributed by atoms with Crippen molar-refractivity contribution in [2.75, 3.05) is 0 Å². The normalized spacial score (nSPS) is 11.1. The standard InChI is InChI=1S/C11H15NO3S/c1-11(2,10(14)15)12-9(13)4-3-8-5-6-16-7-8/h5-7H,3-4H2,1-2H3,(H,12,13)(H,14,15). The minimum absolute atomic E-state index is 0.237. The molecule has 0 saturated heterocycles. The summed E-state index contributed by atoms with van der Waals surface area (Å²) in [6, 6.07) is 1.96. The number of rotatable bonds is 5. The molecular weight excluding hydrogens is 226 g/mol. The lowest BCUT2D eigenvalue weighted by molar-refractivity contribution is -0.146. The van der Waals surface area contributed by atoms with E-state index in [2.05, 4.69) is 5.32 Å². The fourth-order valence-electron chi connectivity index (χ4n) is 1.16. The van der Waals surface area contributed by atoms with E-state index in [9.17, 15) is 9.59 Å². The average Bonchev–Trinajstić information content (AvgIpc) is 2.66. The average molecular weight is 241 g/mol. The molecule has 0 unspecified atom stereocenters. The van der Waals surface area contributed by atoms with Crippen molar-refractivity contribution in [2.24, 2.45) is 0 Å². The summed E-state index contributed by atoms with van der Waals surface area (Å²) in [5.41, 5.74) is -0.0978. The van der Waals surface area contributed by atoms with E-state index >= 15 is 0 Å². The lowest BCUT2D eigenvalue weighted by atomic mass is 10.1. The largest absolute Gasteiger partial charge is 0.480 e. The van der Waals surface area contributed by atoms with E-state index < -0.39 is 11.5 Å². The van der Waals surface area contributed by atoms with Crippen molar-refractivity contribution >= 4 is 23.2 Å². The molecule has 1 rings (SSSR count). The van der Waals surface area contributed by atoms with Crippen molar-refractivity contribution in [1.29, 1.82) is 0 Å². The molecule has 0 atom stereocenters. The molecule has 0 aromatic carbocycles. The van der Waals surface area contributed by atoms with E-state index in [0.717, 1.165) is 5.56 Å². The molecule has 5 heteroatoms. The zero-order chi connectivity index (χ0) is 12.2. The van der Waals surface area contributed by atoms with Crippen LogP contribution in [0.25, 0.3) is 0 Å². The molecule has 0 saturated carbocycles. The lowest BCUT2D eigenvalue weighted by Gasteiger charge is -2.20. The third-order valence-corrected chi connectivity index (χ3v) is 2.94. The van der Waals surface area contributed by atoms with Crippen LogP contribution in [-0.4, -0.2) is 22.5 Å². The van der Waals surface area contributed by atoms with Crippen molar-refractivity contribution < 1.29 is 14.7 Å². The monoisotopic (exact) mass is 241 g/mol. The van der Waals surface area contributed by atoms with Crippen LogP contribution in [0.1, 0.15) is 25.8 Å². The zero-order valence-electron chi connectivity index (χ0n) is 9.32. The first-order valence-corrected chi connectivity index (χ1v) is 5.91. The summed E-state index contributed by atoms with van der Waals surface area (Å²) in [6.07, 6.45) is 0.957. The van der Waals surface area contributed by atoms with E-state index in [4.69, 9.17) is 5.11 Å². The molecular formula is C11H15NO3S. The highest BCUT2D eigenvalue weighted by Gasteiger charge is 2.28. The molecule has 0 radical (unpaired) electrons. The van der Waals surface area contributed by atoms with Crippen molar-refractivity contribution in [1.82, 2.24) is 5.32 Å². The second-order valence-electron chi connectivity index (χ2n) is 4.11. The van der Waals surface area contributed by atoms with Gasteiger partial charge in [-0.3, -0.25) is 4.79 Å². The molecule has 0 bridgehead atoms. The topological polar surface area (TPSA) is 66.4 Å². The molecule has 1 aromatic rings. The Morgan fingerprint density at radius 1 is 1.50 bits per heavy atom. The number of nitrogens with one attached hydrogen (secondary N) is 1. The Balaban J connectivity index is 2.39. The molecule has 1 heterocycles. The maximum atomic E-state index is 11.5. The van der Waals surface area contributed by atoms with Crippen molar-refractivity contribution in [2.45, 2.75) is 32.2 Å². The van der Waals surface area contributed by atoms with Gasteiger partial charge in [0.1, 0.15) is 5.54 Å². The fourth-order valence-corrected chi connectivity index (χ4v) is 1.86. The van der Waals surface area contributed by atoms with Crippen molar-refractivity contribution in [3.63, 3.8) is 0 Å². The van der Waals surface area contributed by atoms with Gasteiger partial charge in [-0.15, -0.1) is 0 Å². The molecule has 2 N–H and O–H groups in total. The van der Waals surface area contributed by atoms with Gasteiger partial charge in [0, 0.05) is 6.42 Å². The van der Waals surface area contributed by atoms with E-state index in [1.54, 1.807) is 11.3 Å². The van der Waals surface area contributed by atoms with Crippen LogP contribution < -0.4 is 5.32 Å². The number of thiophene rings is 1. The van der Waals surface area contributed by atoms with E-state index in [-0.39, 0.29) is 5.91 Å². The maximum absolute atomic E-state index is 11.5. The van der Waals surface area contributed by atoms with Gasteiger partial charge in [-0.25, -0.2) is 4.79 Å². The Morgan fingerprint density at radius 2 is 2.19 bits per heavy atom. The number of aryl methyl sites for hydroxylation is 1. The van der Waals surface area contributed by atoms with Gasteiger partial charge in [0.25, 0.3) is 0 Å². The second-order valence-corrected chi connectivity index (χ2v) is 4.89. The number of carbonyl (C=O) groups excluding carboxylic acids is 1. The van der Waals surface area contributed by atoms with Gasteiger partial charge < -0.3 is 10.4 Å². The zero-order valence-corrected chi connectivity index (χ0v) is 10.1. The third kappa shape index (κ3) is 3.66. The Bertz CT molecular complexity index is 371. The Labute approximate surface area is 98.3 Å². The molecule has 0 spiro atoms. The van der Waals surface area contributed by atoms with Gasteiger partial charge in [0.15, 0.2) is 0 Å². The molecule has 88 valence electrons. The molecule has 0 fully saturated rings. The van der Waals surface area contributed by atoms with Gasteiger partial charge >= 0.3 is 5.97 Å². The summed E-state index contributed by atoms with van der Waals surface area (Å²) >= 11 is 1.58. The molecule has 16 heavy (non-hydrogen) atoms. The number of amides is 1. The number of aliphatic carboxylic acids is 1. The van der Waals surface area contributed by atoms with Gasteiger partial charge in [-0.2, -0.15) is 11.3 Å². The highest BCUT2D eigenvalue weighted by Crippen LogP contribution is 2.09. The summed E-state index contributed by atoms with van der Waals surface area (Å²) < 4.78 is 0. The minimum atomic E-state index is -1.20. The Kier molecular flexibility index (Phi) is 4.06. The highest BCUT2D eigenvalue weighted by molar-refractivity contribution is 7.07. The van der Waals surface area contributed by atoms with Crippen LogP contribution in [0.4, 0.5) is 0 Å². The second kappa shape index (κ2) is 5.12. The highest BCUT2D eigenvalue weighted by atomic mass is 32.1. The summed E-state index contributed by atoms with van der Waals surface area (Å²) in [5.74, 6) is -1.27.